The zero-order valence-electron chi connectivity index (χ0n) is 21.2. The van der Waals surface area contributed by atoms with E-state index in [9.17, 15) is 27.6 Å². The third kappa shape index (κ3) is 6.15. The Morgan fingerprint density at radius 3 is 2.43 bits per heavy atom. The van der Waals surface area contributed by atoms with E-state index in [0.717, 1.165) is 4.90 Å². The van der Waals surface area contributed by atoms with Gasteiger partial charge in [-0.15, -0.1) is 0 Å². The summed E-state index contributed by atoms with van der Waals surface area (Å²) in [5.41, 5.74) is -2.45. The Labute approximate surface area is 213 Å². The minimum atomic E-state index is -5.16. The van der Waals surface area contributed by atoms with Crippen molar-refractivity contribution in [2.75, 3.05) is 20.3 Å². The average Bonchev–Trinajstić information content (AvgIpc) is 3.29. The molecule has 0 bridgehead atoms. The Morgan fingerprint density at radius 1 is 1.16 bits per heavy atom. The number of carbonyl (C=O) groups is 3. The van der Waals surface area contributed by atoms with Gasteiger partial charge in [0.25, 0.3) is 0 Å². The molecule has 1 aromatic carbocycles. The molecule has 0 N–H and O–H groups in total. The molecule has 1 aliphatic carbocycles. The van der Waals surface area contributed by atoms with Crippen molar-refractivity contribution >= 4 is 17.8 Å². The SMILES string of the molecule is CO[C@@H]1COCC[C@@H]1N(C(=O)C(F)(F)F)[C@@H]1C=C[C@@](C(=O)OCc2ccccc2)(C(C)(C)OC(C)=O)C1. The number of esters is 2. The summed E-state index contributed by atoms with van der Waals surface area (Å²) in [7, 11) is 1.34. The van der Waals surface area contributed by atoms with Crippen LogP contribution < -0.4 is 0 Å². The van der Waals surface area contributed by atoms with Crippen molar-refractivity contribution in [3.8, 4) is 0 Å². The number of rotatable bonds is 8. The second-order valence-electron chi connectivity index (χ2n) is 9.68. The summed E-state index contributed by atoms with van der Waals surface area (Å²) >= 11 is 0. The van der Waals surface area contributed by atoms with Gasteiger partial charge >= 0.3 is 24.0 Å². The fraction of sp³-hybridized carbons (Fsp3) is 0.577. The Kier molecular flexibility index (Phi) is 8.69. The van der Waals surface area contributed by atoms with Crippen LogP contribution in [0.15, 0.2) is 42.5 Å². The number of methoxy groups -OCH3 is 1. The number of nitrogens with zero attached hydrogens (tertiary/aromatic N) is 1. The average molecular weight is 528 g/mol. The molecule has 1 heterocycles. The lowest BCUT2D eigenvalue weighted by molar-refractivity contribution is -0.198. The Hall–Kier alpha value is -2.92. The van der Waals surface area contributed by atoms with Crippen LogP contribution in [-0.4, -0.2) is 73.0 Å². The number of ether oxygens (including phenoxy) is 4. The highest BCUT2D eigenvalue weighted by molar-refractivity contribution is 5.85. The molecule has 3 rings (SSSR count). The second-order valence-corrected chi connectivity index (χ2v) is 9.68. The smallest absolute Gasteiger partial charge is 0.460 e. The van der Waals surface area contributed by atoms with Crippen molar-refractivity contribution in [1.29, 1.82) is 0 Å². The lowest BCUT2D eigenvalue weighted by Crippen LogP contribution is -2.59. The van der Waals surface area contributed by atoms with E-state index >= 15 is 0 Å². The minimum Gasteiger partial charge on any atom is -0.460 e. The van der Waals surface area contributed by atoms with Gasteiger partial charge in [0, 0.05) is 20.6 Å². The van der Waals surface area contributed by atoms with Crippen LogP contribution in [0.1, 0.15) is 39.2 Å². The van der Waals surface area contributed by atoms with Crippen LogP contribution >= 0.6 is 0 Å². The van der Waals surface area contributed by atoms with Crippen LogP contribution in [0.4, 0.5) is 13.2 Å². The molecule has 204 valence electrons. The summed E-state index contributed by atoms with van der Waals surface area (Å²) in [6.45, 7) is 4.23. The summed E-state index contributed by atoms with van der Waals surface area (Å²) in [4.78, 5) is 38.9. The van der Waals surface area contributed by atoms with Gasteiger partial charge in [0.2, 0.25) is 0 Å². The molecule has 1 saturated heterocycles. The predicted octanol–water partition coefficient (Wildman–Crippen LogP) is 3.58. The molecule has 0 spiro atoms. The van der Waals surface area contributed by atoms with Gasteiger partial charge in [-0.05, 0) is 32.3 Å². The summed E-state index contributed by atoms with van der Waals surface area (Å²) in [6.07, 6.45) is -3.35. The number of hydrogen-bond acceptors (Lipinski definition) is 7. The standard InChI is InChI=1S/C26H32F3NO7/c1-17(31)37-24(2,3)25(23(33)36-15-18-8-6-5-7-9-18)12-10-19(14-25)30(22(32)26(27,28)29)20-11-13-35-16-21(20)34-4/h5-10,12,19-21H,11,13-16H2,1-4H3/t19-,20+,21-,25-/m1/s1. The van der Waals surface area contributed by atoms with E-state index in [4.69, 9.17) is 18.9 Å². The Bertz CT molecular complexity index is 1010. The molecule has 1 fully saturated rings. The van der Waals surface area contributed by atoms with E-state index in [2.05, 4.69) is 0 Å². The number of halogens is 3. The van der Waals surface area contributed by atoms with Crippen molar-refractivity contribution in [2.24, 2.45) is 5.41 Å². The fourth-order valence-corrected chi connectivity index (χ4v) is 5.02. The summed E-state index contributed by atoms with van der Waals surface area (Å²) in [5, 5.41) is 0. The molecular formula is C26H32F3NO7. The zero-order chi connectivity index (χ0) is 27.4. The molecule has 0 saturated carbocycles. The zero-order valence-corrected chi connectivity index (χ0v) is 21.2. The van der Waals surface area contributed by atoms with Gasteiger partial charge in [-0.2, -0.15) is 13.2 Å². The van der Waals surface area contributed by atoms with Gasteiger partial charge < -0.3 is 23.8 Å². The number of alkyl halides is 3. The molecule has 1 aliphatic heterocycles. The largest absolute Gasteiger partial charge is 0.471 e. The van der Waals surface area contributed by atoms with E-state index < -0.39 is 53.2 Å². The monoisotopic (exact) mass is 527 g/mol. The molecule has 0 radical (unpaired) electrons. The van der Waals surface area contributed by atoms with Crippen LogP contribution in [0, 0.1) is 5.41 Å². The second kappa shape index (κ2) is 11.2. The summed E-state index contributed by atoms with van der Waals surface area (Å²) in [6, 6.07) is 6.76. The molecular weight excluding hydrogens is 495 g/mol. The number of hydrogen-bond donors (Lipinski definition) is 0. The van der Waals surface area contributed by atoms with Crippen LogP contribution in [0.3, 0.4) is 0 Å². The highest BCUT2D eigenvalue weighted by atomic mass is 19.4. The quantitative estimate of drug-likeness (QED) is 0.377. The number of benzene rings is 1. The van der Waals surface area contributed by atoms with Gasteiger partial charge in [-0.3, -0.25) is 14.4 Å². The van der Waals surface area contributed by atoms with Gasteiger partial charge in [0.1, 0.15) is 23.7 Å². The third-order valence-electron chi connectivity index (χ3n) is 6.95. The third-order valence-corrected chi connectivity index (χ3v) is 6.95. The molecule has 4 atom stereocenters. The Balaban J connectivity index is 1.97. The maximum absolute atomic E-state index is 13.8. The highest BCUT2D eigenvalue weighted by Gasteiger charge is 2.59. The maximum Gasteiger partial charge on any atom is 0.471 e. The van der Waals surface area contributed by atoms with Crippen LogP contribution in [0.25, 0.3) is 0 Å². The molecule has 0 unspecified atom stereocenters. The minimum absolute atomic E-state index is 0.0163. The molecule has 1 aromatic rings. The Morgan fingerprint density at radius 2 is 1.84 bits per heavy atom. The van der Waals surface area contributed by atoms with E-state index in [-0.39, 0.29) is 32.7 Å². The van der Waals surface area contributed by atoms with Gasteiger partial charge in [0.15, 0.2) is 0 Å². The number of amides is 1. The highest BCUT2D eigenvalue weighted by Crippen LogP contribution is 2.48. The first-order valence-electron chi connectivity index (χ1n) is 11.9. The van der Waals surface area contributed by atoms with Crippen molar-refractivity contribution in [1.82, 2.24) is 4.90 Å². The number of carbonyl (C=O) groups excluding carboxylic acids is 3. The molecule has 1 amide bonds. The van der Waals surface area contributed by atoms with Crippen molar-refractivity contribution in [3.05, 3.63) is 48.0 Å². The van der Waals surface area contributed by atoms with E-state index in [1.165, 1.54) is 40.0 Å². The van der Waals surface area contributed by atoms with Gasteiger partial charge in [0.05, 0.1) is 18.7 Å². The molecule has 37 heavy (non-hydrogen) atoms. The van der Waals surface area contributed by atoms with E-state index in [1.807, 2.05) is 0 Å². The first-order chi connectivity index (χ1) is 17.3. The summed E-state index contributed by atoms with van der Waals surface area (Å²) < 4.78 is 63.0. The van der Waals surface area contributed by atoms with E-state index in [1.54, 1.807) is 30.3 Å². The molecule has 2 aliphatic rings. The van der Waals surface area contributed by atoms with Crippen molar-refractivity contribution in [2.45, 2.75) is 70.2 Å². The molecule has 0 aromatic heterocycles. The van der Waals surface area contributed by atoms with Crippen molar-refractivity contribution in [3.63, 3.8) is 0 Å². The topological polar surface area (TPSA) is 91.4 Å². The van der Waals surface area contributed by atoms with Crippen LogP contribution in [0.5, 0.6) is 0 Å². The lowest BCUT2D eigenvalue weighted by Gasteiger charge is -2.44. The molecule has 11 heteroatoms. The summed E-state index contributed by atoms with van der Waals surface area (Å²) in [5.74, 6) is -3.50. The normalized spacial score (nSPS) is 26.0. The molecule has 8 nitrogen and oxygen atoms in total. The van der Waals surface area contributed by atoms with Crippen LogP contribution in [-0.2, 0) is 39.9 Å². The van der Waals surface area contributed by atoms with Gasteiger partial charge in [-0.25, -0.2) is 0 Å². The van der Waals surface area contributed by atoms with Crippen LogP contribution in [0.2, 0.25) is 0 Å². The van der Waals surface area contributed by atoms with Crippen molar-refractivity contribution < 1.29 is 46.5 Å². The first-order valence-corrected chi connectivity index (χ1v) is 11.9. The first kappa shape index (κ1) is 28.6. The predicted molar refractivity (Wildman–Crippen MR) is 125 cm³/mol. The maximum atomic E-state index is 13.8. The fourth-order valence-electron chi connectivity index (χ4n) is 5.02. The van der Waals surface area contributed by atoms with E-state index in [0.29, 0.717) is 5.56 Å². The lowest BCUT2D eigenvalue weighted by atomic mass is 9.72. The van der Waals surface area contributed by atoms with Gasteiger partial charge in [-0.1, -0.05) is 42.5 Å².